The third-order valence-corrected chi connectivity index (χ3v) is 3.07. The highest BCUT2D eigenvalue weighted by molar-refractivity contribution is 7.13. The zero-order valence-electron chi connectivity index (χ0n) is 9.21. The molecular formula is C10H19N3S. The van der Waals surface area contributed by atoms with Gasteiger partial charge in [-0.1, -0.05) is 13.8 Å². The molecule has 0 saturated carbocycles. The van der Waals surface area contributed by atoms with Gasteiger partial charge in [0.05, 0.1) is 5.69 Å². The summed E-state index contributed by atoms with van der Waals surface area (Å²) in [7, 11) is 2.13. The molecule has 0 aromatic carbocycles. The molecule has 0 radical (unpaired) electrons. The Kier molecular flexibility index (Phi) is 4.90. The van der Waals surface area contributed by atoms with E-state index in [4.69, 9.17) is 0 Å². The number of nitrogens with zero attached hydrogens (tertiary/aromatic N) is 2. The Hall–Kier alpha value is -0.610. The van der Waals surface area contributed by atoms with Crippen molar-refractivity contribution in [3.63, 3.8) is 0 Å². The van der Waals surface area contributed by atoms with Crippen molar-refractivity contribution in [3.8, 4) is 0 Å². The molecule has 0 fully saturated rings. The molecule has 0 aliphatic heterocycles. The first kappa shape index (κ1) is 11.5. The van der Waals surface area contributed by atoms with Gasteiger partial charge in [0.15, 0.2) is 5.13 Å². The number of anilines is 1. The maximum absolute atomic E-state index is 4.44. The zero-order valence-corrected chi connectivity index (χ0v) is 10.0. The van der Waals surface area contributed by atoms with Crippen molar-refractivity contribution >= 4 is 16.5 Å². The maximum atomic E-state index is 4.44. The first-order valence-electron chi connectivity index (χ1n) is 5.13. The van der Waals surface area contributed by atoms with Gasteiger partial charge in [0.2, 0.25) is 0 Å². The van der Waals surface area contributed by atoms with E-state index in [1.807, 2.05) is 0 Å². The summed E-state index contributed by atoms with van der Waals surface area (Å²) in [6.45, 7) is 7.43. The third-order valence-electron chi connectivity index (χ3n) is 2.22. The first-order valence-corrected chi connectivity index (χ1v) is 6.01. The number of rotatable bonds is 6. The van der Waals surface area contributed by atoms with E-state index in [1.165, 1.54) is 5.69 Å². The molecule has 1 rings (SSSR count). The summed E-state index contributed by atoms with van der Waals surface area (Å²) in [5.74, 6) is 0. The average molecular weight is 213 g/mol. The molecule has 0 unspecified atom stereocenters. The number of hydrogen-bond donors (Lipinski definition) is 1. The second kappa shape index (κ2) is 5.98. The Balaban J connectivity index is 2.24. The van der Waals surface area contributed by atoms with Gasteiger partial charge in [-0.05, 0) is 20.0 Å². The molecule has 0 aliphatic carbocycles. The van der Waals surface area contributed by atoms with Crippen molar-refractivity contribution in [2.24, 2.45) is 0 Å². The fourth-order valence-electron chi connectivity index (χ4n) is 1.06. The monoisotopic (exact) mass is 213 g/mol. The highest BCUT2D eigenvalue weighted by Crippen LogP contribution is 2.14. The Morgan fingerprint density at radius 3 is 2.86 bits per heavy atom. The molecule has 80 valence electrons. The fourth-order valence-corrected chi connectivity index (χ4v) is 1.88. The lowest BCUT2D eigenvalue weighted by Gasteiger charge is -2.13. The number of likely N-dealkylation sites (N-methyl/N-ethyl adjacent to an activating group) is 1. The zero-order chi connectivity index (χ0) is 10.4. The van der Waals surface area contributed by atoms with Crippen LogP contribution in [-0.4, -0.2) is 36.6 Å². The Bertz CT molecular complexity index is 260. The largest absolute Gasteiger partial charge is 0.360 e. The fraction of sp³-hybridized carbons (Fsp3) is 0.700. The molecule has 1 aromatic rings. The third kappa shape index (κ3) is 3.64. The molecule has 1 heterocycles. The molecule has 0 atom stereocenters. The SMILES string of the molecule is CCc1csc(NCCN(C)CC)n1. The molecule has 0 saturated heterocycles. The Morgan fingerprint density at radius 2 is 2.29 bits per heavy atom. The van der Waals surface area contributed by atoms with Crippen molar-refractivity contribution in [2.75, 3.05) is 32.0 Å². The summed E-state index contributed by atoms with van der Waals surface area (Å²) >= 11 is 1.69. The minimum atomic E-state index is 0.973. The van der Waals surface area contributed by atoms with Gasteiger partial charge in [-0.2, -0.15) is 0 Å². The summed E-state index contributed by atoms with van der Waals surface area (Å²) in [5.41, 5.74) is 1.18. The second-order valence-corrected chi connectivity index (χ2v) is 4.18. The van der Waals surface area contributed by atoms with Crippen molar-refractivity contribution in [2.45, 2.75) is 20.3 Å². The molecule has 0 spiro atoms. The number of hydrogen-bond acceptors (Lipinski definition) is 4. The van der Waals surface area contributed by atoms with Gasteiger partial charge >= 0.3 is 0 Å². The lowest BCUT2D eigenvalue weighted by Crippen LogP contribution is -2.24. The van der Waals surface area contributed by atoms with E-state index in [0.717, 1.165) is 31.2 Å². The Labute approximate surface area is 90.2 Å². The molecule has 4 heteroatoms. The van der Waals surface area contributed by atoms with Crippen LogP contribution in [-0.2, 0) is 6.42 Å². The van der Waals surface area contributed by atoms with Crippen LogP contribution in [0.25, 0.3) is 0 Å². The van der Waals surface area contributed by atoms with E-state index in [1.54, 1.807) is 11.3 Å². The molecule has 0 amide bonds. The standard InChI is InChI=1S/C10H19N3S/c1-4-9-8-14-10(12-9)11-6-7-13(3)5-2/h8H,4-7H2,1-3H3,(H,11,12). The molecule has 3 nitrogen and oxygen atoms in total. The summed E-state index contributed by atoms with van der Waals surface area (Å²) in [5, 5.41) is 6.49. The van der Waals surface area contributed by atoms with E-state index in [2.05, 4.69) is 41.5 Å². The van der Waals surface area contributed by atoms with Crippen LogP contribution < -0.4 is 5.32 Å². The molecule has 1 aromatic heterocycles. The maximum Gasteiger partial charge on any atom is 0.182 e. The summed E-state index contributed by atoms with van der Waals surface area (Å²) in [6.07, 6.45) is 1.02. The highest BCUT2D eigenvalue weighted by atomic mass is 32.1. The minimum absolute atomic E-state index is 0.973. The van der Waals surface area contributed by atoms with Crippen molar-refractivity contribution in [1.82, 2.24) is 9.88 Å². The van der Waals surface area contributed by atoms with Crippen LogP contribution in [0.5, 0.6) is 0 Å². The van der Waals surface area contributed by atoms with Crippen LogP contribution in [0.15, 0.2) is 5.38 Å². The van der Waals surface area contributed by atoms with Gasteiger partial charge < -0.3 is 10.2 Å². The smallest absolute Gasteiger partial charge is 0.182 e. The van der Waals surface area contributed by atoms with Crippen molar-refractivity contribution < 1.29 is 0 Å². The topological polar surface area (TPSA) is 28.2 Å². The van der Waals surface area contributed by atoms with Crippen molar-refractivity contribution in [1.29, 1.82) is 0 Å². The van der Waals surface area contributed by atoms with Gasteiger partial charge in [0.1, 0.15) is 0 Å². The van der Waals surface area contributed by atoms with Crippen molar-refractivity contribution in [3.05, 3.63) is 11.1 Å². The highest BCUT2D eigenvalue weighted by Gasteiger charge is 1.99. The van der Waals surface area contributed by atoms with Gasteiger partial charge in [0, 0.05) is 18.5 Å². The predicted octanol–water partition coefficient (Wildman–Crippen LogP) is 2.07. The summed E-state index contributed by atoms with van der Waals surface area (Å²) in [4.78, 5) is 6.72. The lowest BCUT2D eigenvalue weighted by atomic mass is 10.4. The number of aromatic nitrogens is 1. The van der Waals surface area contributed by atoms with E-state index in [0.29, 0.717) is 0 Å². The number of nitrogens with one attached hydrogen (secondary N) is 1. The average Bonchev–Trinajstić information content (AvgIpc) is 2.65. The quantitative estimate of drug-likeness (QED) is 0.784. The second-order valence-electron chi connectivity index (χ2n) is 3.32. The van der Waals surface area contributed by atoms with Crippen LogP contribution in [0.4, 0.5) is 5.13 Å². The number of aryl methyl sites for hydroxylation is 1. The molecule has 1 N–H and O–H groups in total. The molecular weight excluding hydrogens is 194 g/mol. The summed E-state index contributed by atoms with van der Waals surface area (Å²) < 4.78 is 0. The van der Waals surface area contributed by atoms with Gasteiger partial charge in [0.25, 0.3) is 0 Å². The summed E-state index contributed by atoms with van der Waals surface area (Å²) in [6, 6.07) is 0. The molecule has 0 aliphatic rings. The lowest BCUT2D eigenvalue weighted by molar-refractivity contribution is 0.367. The number of thiazole rings is 1. The van der Waals surface area contributed by atoms with Gasteiger partial charge in [-0.15, -0.1) is 11.3 Å². The Morgan fingerprint density at radius 1 is 1.50 bits per heavy atom. The molecule has 14 heavy (non-hydrogen) atoms. The molecule has 0 bridgehead atoms. The van der Waals surface area contributed by atoms with Crippen LogP contribution in [0.2, 0.25) is 0 Å². The predicted molar refractivity (Wildman–Crippen MR) is 63.2 cm³/mol. The van der Waals surface area contributed by atoms with Gasteiger partial charge in [-0.3, -0.25) is 0 Å². The minimum Gasteiger partial charge on any atom is -0.360 e. The van der Waals surface area contributed by atoms with E-state index in [-0.39, 0.29) is 0 Å². The van der Waals surface area contributed by atoms with E-state index < -0.39 is 0 Å². The van der Waals surface area contributed by atoms with E-state index in [9.17, 15) is 0 Å². The van der Waals surface area contributed by atoms with Crippen LogP contribution >= 0.6 is 11.3 Å². The van der Waals surface area contributed by atoms with Crippen LogP contribution in [0, 0.1) is 0 Å². The van der Waals surface area contributed by atoms with E-state index >= 15 is 0 Å². The van der Waals surface area contributed by atoms with Crippen LogP contribution in [0.1, 0.15) is 19.5 Å². The first-order chi connectivity index (χ1) is 6.76. The normalized spacial score (nSPS) is 10.9. The van der Waals surface area contributed by atoms with Gasteiger partial charge in [-0.25, -0.2) is 4.98 Å². The van der Waals surface area contributed by atoms with Crippen LogP contribution in [0.3, 0.4) is 0 Å².